The number of para-hydroxylation sites is 2. The first-order valence-corrected chi connectivity index (χ1v) is 13.0. The Labute approximate surface area is 217 Å². The van der Waals surface area contributed by atoms with Crippen molar-refractivity contribution >= 4 is 23.4 Å². The largest absolute Gasteiger partial charge is 0.492 e. The number of hydrogen-bond donors (Lipinski definition) is 1. The third-order valence-corrected chi connectivity index (χ3v) is 6.66. The lowest BCUT2D eigenvalue weighted by Crippen LogP contribution is -2.15. The minimum Gasteiger partial charge on any atom is -0.492 e. The molecular weight excluding hydrogens is 468 g/mol. The molecule has 0 spiro atoms. The first kappa shape index (κ1) is 25.5. The van der Waals surface area contributed by atoms with Crippen LogP contribution in [0.15, 0.2) is 78.0 Å². The van der Waals surface area contributed by atoms with Crippen LogP contribution in [0, 0.1) is 6.92 Å². The van der Waals surface area contributed by atoms with Gasteiger partial charge in [0.2, 0.25) is 5.91 Å². The Morgan fingerprint density at radius 2 is 1.67 bits per heavy atom. The fourth-order valence-electron chi connectivity index (χ4n) is 3.76. The van der Waals surface area contributed by atoms with Gasteiger partial charge in [-0.15, -0.1) is 10.2 Å². The van der Waals surface area contributed by atoms with Crippen LogP contribution in [-0.2, 0) is 10.2 Å². The topological polar surface area (TPSA) is 69.0 Å². The van der Waals surface area contributed by atoms with E-state index in [2.05, 4.69) is 79.6 Å². The van der Waals surface area contributed by atoms with Gasteiger partial charge in [0.15, 0.2) is 11.0 Å². The van der Waals surface area contributed by atoms with E-state index in [1.165, 1.54) is 22.9 Å². The van der Waals surface area contributed by atoms with Crippen LogP contribution in [-0.4, -0.2) is 33.0 Å². The Balaban J connectivity index is 1.60. The van der Waals surface area contributed by atoms with Crippen LogP contribution in [0.5, 0.6) is 5.75 Å². The molecule has 0 fully saturated rings. The predicted octanol–water partition coefficient (Wildman–Crippen LogP) is 6.67. The molecule has 0 bridgehead atoms. The number of carbonyl (C=O) groups is 1. The van der Waals surface area contributed by atoms with E-state index in [4.69, 9.17) is 4.74 Å². The molecule has 36 heavy (non-hydrogen) atoms. The molecule has 1 aromatic heterocycles. The van der Waals surface area contributed by atoms with E-state index in [-0.39, 0.29) is 17.1 Å². The highest BCUT2D eigenvalue weighted by molar-refractivity contribution is 7.99. The zero-order valence-corrected chi connectivity index (χ0v) is 22.2. The number of carbonyl (C=O) groups excluding carboxylic acids is 1. The second-order valence-corrected chi connectivity index (χ2v) is 10.5. The van der Waals surface area contributed by atoms with E-state index in [0.29, 0.717) is 23.2 Å². The molecule has 0 saturated carbocycles. The van der Waals surface area contributed by atoms with E-state index in [1.807, 2.05) is 47.9 Å². The lowest BCUT2D eigenvalue weighted by molar-refractivity contribution is -0.113. The van der Waals surface area contributed by atoms with Gasteiger partial charge in [-0.05, 0) is 49.1 Å². The molecule has 7 heteroatoms. The Hall–Kier alpha value is -3.58. The minimum atomic E-state index is -0.137. The monoisotopic (exact) mass is 500 g/mol. The smallest absolute Gasteiger partial charge is 0.234 e. The number of aromatic nitrogens is 3. The maximum Gasteiger partial charge on any atom is 0.234 e. The molecule has 0 aliphatic heterocycles. The summed E-state index contributed by atoms with van der Waals surface area (Å²) in [7, 11) is 0. The average Bonchev–Trinajstić information content (AvgIpc) is 3.28. The number of rotatable bonds is 8. The zero-order valence-electron chi connectivity index (χ0n) is 21.4. The molecule has 6 nitrogen and oxygen atoms in total. The van der Waals surface area contributed by atoms with Crippen molar-refractivity contribution in [3.8, 4) is 22.8 Å². The summed E-state index contributed by atoms with van der Waals surface area (Å²) >= 11 is 1.35. The fraction of sp³-hybridized carbons (Fsp3) is 0.276. The first-order chi connectivity index (χ1) is 17.3. The maximum absolute atomic E-state index is 12.8. The highest BCUT2D eigenvalue weighted by atomic mass is 32.2. The van der Waals surface area contributed by atoms with Gasteiger partial charge in [0.25, 0.3) is 0 Å². The molecule has 0 atom stereocenters. The molecule has 0 aliphatic rings. The lowest BCUT2D eigenvalue weighted by atomic mass is 9.87. The summed E-state index contributed by atoms with van der Waals surface area (Å²) in [4.78, 5) is 12.8. The number of anilines is 1. The second-order valence-electron chi connectivity index (χ2n) is 9.57. The van der Waals surface area contributed by atoms with E-state index in [9.17, 15) is 4.79 Å². The number of aryl methyl sites for hydroxylation is 1. The van der Waals surface area contributed by atoms with Crippen molar-refractivity contribution in [3.05, 3.63) is 83.9 Å². The lowest BCUT2D eigenvalue weighted by Gasteiger charge is -2.19. The van der Waals surface area contributed by atoms with Crippen molar-refractivity contribution in [1.82, 2.24) is 14.8 Å². The predicted molar refractivity (Wildman–Crippen MR) is 147 cm³/mol. The molecular formula is C29H32N4O2S. The van der Waals surface area contributed by atoms with Crippen molar-refractivity contribution in [2.75, 3.05) is 17.7 Å². The normalized spacial score (nSPS) is 11.4. The molecule has 1 heterocycles. The van der Waals surface area contributed by atoms with Crippen LogP contribution in [0.1, 0.15) is 38.8 Å². The van der Waals surface area contributed by atoms with Gasteiger partial charge in [0.1, 0.15) is 5.75 Å². The van der Waals surface area contributed by atoms with Crippen LogP contribution in [0.25, 0.3) is 17.1 Å². The summed E-state index contributed by atoms with van der Waals surface area (Å²) in [6, 6.07) is 24.1. The van der Waals surface area contributed by atoms with E-state index in [0.717, 1.165) is 17.1 Å². The van der Waals surface area contributed by atoms with Crippen LogP contribution in [0.4, 0.5) is 5.69 Å². The molecule has 0 radical (unpaired) electrons. The summed E-state index contributed by atoms with van der Waals surface area (Å²) in [6.07, 6.45) is 0. The fourth-order valence-corrected chi connectivity index (χ4v) is 4.52. The molecule has 0 unspecified atom stereocenters. The van der Waals surface area contributed by atoms with E-state index < -0.39 is 0 Å². The molecule has 3 aromatic carbocycles. The molecule has 1 N–H and O–H groups in total. The Morgan fingerprint density at radius 3 is 2.33 bits per heavy atom. The highest BCUT2D eigenvalue weighted by Crippen LogP contribution is 2.31. The van der Waals surface area contributed by atoms with Crippen molar-refractivity contribution in [2.24, 2.45) is 0 Å². The zero-order chi connectivity index (χ0) is 25.7. The number of benzene rings is 3. The van der Waals surface area contributed by atoms with Crippen LogP contribution in [0.3, 0.4) is 0 Å². The summed E-state index contributed by atoms with van der Waals surface area (Å²) in [6.45, 7) is 11.1. The number of thioether (sulfide) groups is 1. The number of nitrogens with zero attached hydrogens (tertiary/aromatic N) is 3. The molecule has 4 aromatic rings. The summed E-state index contributed by atoms with van der Waals surface area (Å²) in [5.41, 5.74) is 5.07. The second kappa shape index (κ2) is 11.0. The Morgan fingerprint density at radius 1 is 0.972 bits per heavy atom. The first-order valence-electron chi connectivity index (χ1n) is 12.0. The third-order valence-electron chi connectivity index (χ3n) is 5.73. The molecule has 186 valence electrons. The van der Waals surface area contributed by atoms with Gasteiger partial charge in [-0.2, -0.15) is 0 Å². The Bertz CT molecular complexity index is 1320. The van der Waals surface area contributed by atoms with Crippen LogP contribution in [0.2, 0.25) is 0 Å². The molecule has 0 saturated heterocycles. The van der Waals surface area contributed by atoms with Gasteiger partial charge in [-0.25, -0.2) is 0 Å². The minimum absolute atomic E-state index is 0.0678. The van der Waals surface area contributed by atoms with Gasteiger partial charge in [0.05, 0.1) is 18.0 Å². The quantitative estimate of drug-likeness (QED) is 0.274. The number of ether oxygens (including phenoxy) is 1. The summed E-state index contributed by atoms with van der Waals surface area (Å²) in [5, 5.41) is 12.6. The molecule has 0 aliphatic carbocycles. The van der Waals surface area contributed by atoms with Gasteiger partial charge in [0, 0.05) is 11.3 Å². The van der Waals surface area contributed by atoms with Gasteiger partial charge in [-0.3, -0.25) is 9.36 Å². The maximum atomic E-state index is 12.8. The summed E-state index contributed by atoms with van der Waals surface area (Å²) < 4.78 is 7.63. The molecule has 4 rings (SSSR count). The van der Waals surface area contributed by atoms with Crippen molar-refractivity contribution in [1.29, 1.82) is 0 Å². The SMILES string of the molecule is CCOc1ccccc1NC(=O)CSc1nnc(-c2ccc(C(C)(C)C)cc2)n1-c1ccc(C)cc1. The van der Waals surface area contributed by atoms with Gasteiger partial charge < -0.3 is 10.1 Å². The number of amides is 1. The number of nitrogens with one attached hydrogen (secondary N) is 1. The third kappa shape index (κ3) is 5.97. The van der Waals surface area contributed by atoms with Crippen LogP contribution >= 0.6 is 11.8 Å². The van der Waals surface area contributed by atoms with Crippen LogP contribution < -0.4 is 10.1 Å². The molecule has 1 amide bonds. The van der Waals surface area contributed by atoms with Gasteiger partial charge in [-0.1, -0.05) is 86.6 Å². The van der Waals surface area contributed by atoms with E-state index in [1.54, 1.807) is 0 Å². The van der Waals surface area contributed by atoms with Crippen molar-refractivity contribution in [3.63, 3.8) is 0 Å². The van der Waals surface area contributed by atoms with E-state index >= 15 is 0 Å². The van der Waals surface area contributed by atoms with Crippen molar-refractivity contribution < 1.29 is 9.53 Å². The Kier molecular flexibility index (Phi) is 7.79. The highest BCUT2D eigenvalue weighted by Gasteiger charge is 2.19. The summed E-state index contributed by atoms with van der Waals surface area (Å²) in [5.74, 6) is 1.45. The van der Waals surface area contributed by atoms with Crippen molar-refractivity contribution in [2.45, 2.75) is 45.2 Å². The number of hydrogen-bond acceptors (Lipinski definition) is 5. The average molecular weight is 501 g/mol. The standard InChI is InChI=1S/C29H32N4O2S/c1-6-35-25-10-8-7-9-24(25)30-26(34)19-36-28-32-31-27(33(28)23-17-11-20(2)12-18-23)21-13-15-22(16-14-21)29(3,4)5/h7-18H,6,19H2,1-5H3,(H,30,34). The van der Waals surface area contributed by atoms with Gasteiger partial charge >= 0.3 is 0 Å².